The van der Waals surface area contributed by atoms with Crippen molar-refractivity contribution in [3.63, 3.8) is 0 Å². The third-order valence-electron chi connectivity index (χ3n) is 1.80. The predicted octanol–water partition coefficient (Wildman–Crippen LogP) is 2.29. The maximum atomic E-state index is 5.80. The first-order chi connectivity index (χ1) is 7.27. The van der Waals surface area contributed by atoms with Crippen molar-refractivity contribution in [2.75, 3.05) is 5.75 Å². The van der Waals surface area contributed by atoms with Crippen molar-refractivity contribution in [1.29, 1.82) is 0 Å². The molecule has 0 saturated heterocycles. The molecular formula is C10H17N3OS. The van der Waals surface area contributed by atoms with Gasteiger partial charge in [0.05, 0.1) is 11.8 Å². The van der Waals surface area contributed by atoms with Crippen LogP contribution >= 0.6 is 11.8 Å². The van der Waals surface area contributed by atoms with E-state index in [1.54, 1.807) is 17.8 Å². The summed E-state index contributed by atoms with van der Waals surface area (Å²) in [6.45, 7) is 5.77. The Hall–Kier alpha value is -0.810. The topological polar surface area (TPSA) is 64.9 Å². The second-order valence-electron chi connectivity index (χ2n) is 3.23. The summed E-state index contributed by atoms with van der Waals surface area (Å²) >= 11 is 1.80. The molecule has 0 amide bonds. The van der Waals surface area contributed by atoms with Gasteiger partial charge in [0, 0.05) is 0 Å². The molecule has 0 fully saturated rings. The van der Waals surface area contributed by atoms with Crippen LogP contribution in [0.1, 0.15) is 37.5 Å². The van der Waals surface area contributed by atoms with Crippen molar-refractivity contribution < 1.29 is 4.52 Å². The van der Waals surface area contributed by atoms with E-state index in [0.29, 0.717) is 12.3 Å². The van der Waals surface area contributed by atoms with Crippen LogP contribution < -0.4 is 5.73 Å². The SMILES string of the molecule is C=CCC(N)c1nc(CSCCC)no1. The van der Waals surface area contributed by atoms with E-state index in [9.17, 15) is 0 Å². The highest BCUT2D eigenvalue weighted by atomic mass is 32.2. The van der Waals surface area contributed by atoms with Crippen LogP contribution in [-0.4, -0.2) is 15.9 Å². The van der Waals surface area contributed by atoms with Crippen molar-refractivity contribution >= 4 is 11.8 Å². The first kappa shape index (κ1) is 12.3. The summed E-state index contributed by atoms with van der Waals surface area (Å²) in [4.78, 5) is 4.23. The predicted molar refractivity (Wildman–Crippen MR) is 62.5 cm³/mol. The minimum absolute atomic E-state index is 0.222. The molecule has 1 unspecified atom stereocenters. The van der Waals surface area contributed by atoms with Gasteiger partial charge in [0.2, 0.25) is 5.89 Å². The zero-order valence-electron chi connectivity index (χ0n) is 8.98. The molecule has 2 N–H and O–H groups in total. The molecule has 0 radical (unpaired) electrons. The quantitative estimate of drug-likeness (QED) is 0.572. The van der Waals surface area contributed by atoms with Gasteiger partial charge in [-0.15, -0.1) is 6.58 Å². The molecule has 0 bridgehead atoms. The van der Waals surface area contributed by atoms with Crippen LogP contribution in [0.5, 0.6) is 0 Å². The fraction of sp³-hybridized carbons (Fsp3) is 0.600. The molecule has 1 aromatic rings. The molecule has 5 heteroatoms. The largest absolute Gasteiger partial charge is 0.338 e. The molecule has 1 aromatic heterocycles. The van der Waals surface area contributed by atoms with Crippen LogP contribution in [-0.2, 0) is 5.75 Å². The lowest BCUT2D eigenvalue weighted by Crippen LogP contribution is -2.09. The summed E-state index contributed by atoms with van der Waals surface area (Å²) in [6, 6.07) is -0.222. The van der Waals surface area contributed by atoms with Crippen molar-refractivity contribution in [1.82, 2.24) is 10.1 Å². The van der Waals surface area contributed by atoms with E-state index in [-0.39, 0.29) is 6.04 Å². The fourth-order valence-corrected chi connectivity index (χ4v) is 1.80. The van der Waals surface area contributed by atoms with Gasteiger partial charge in [-0.25, -0.2) is 0 Å². The molecule has 1 atom stereocenters. The van der Waals surface area contributed by atoms with Gasteiger partial charge in [-0.3, -0.25) is 0 Å². The van der Waals surface area contributed by atoms with Gasteiger partial charge in [-0.2, -0.15) is 16.7 Å². The maximum Gasteiger partial charge on any atom is 0.243 e. The van der Waals surface area contributed by atoms with E-state index in [4.69, 9.17) is 10.3 Å². The monoisotopic (exact) mass is 227 g/mol. The van der Waals surface area contributed by atoms with Crippen molar-refractivity contribution in [3.05, 3.63) is 24.4 Å². The van der Waals surface area contributed by atoms with Crippen molar-refractivity contribution in [2.45, 2.75) is 31.6 Å². The average Bonchev–Trinajstić information content (AvgIpc) is 2.67. The van der Waals surface area contributed by atoms with Crippen LogP contribution in [0.3, 0.4) is 0 Å². The van der Waals surface area contributed by atoms with E-state index in [1.807, 2.05) is 0 Å². The number of nitrogens with zero attached hydrogens (tertiary/aromatic N) is 2. The number of aromatic nitrogens is 2. The Bertz CT molecular complexity index is 301. The lowest BCUT2D eigenvalue weighted by atomic mass is 10.2. The third-order valence-corrected chi connectivity index (χ3v) is 2.96. The Morgan fingerprint density at radius 1 is 1.67 bits per heavy atom. The summed E-state index contributed by atoms with van der Waals surface area (Å²) in [7, 11) is 0. The highest BCUT2D eigenvalue weighted by Crippen LogP contribution is 2.15. The summed E-state index contributed by atoms with van der Waals surface area (Å²) < 4.78 is 5.06. The van der Waals surface area contributed by atoms with Crippen LogP contribution in [0, 0.1) is 0 Å². The first-order valence-electron chi connectivity index (χ1n) is 5.04. The van der Waals surface area contributed by atoms with Crippen LogP contribution in [0.2, 0.25) is 0 Å². The maximum absolute atomic E-state index is 5.80. The zero-order chi connectivity index (χ0) is 11.1. The van der Waals surface area contributed by atoms with Gasteiger partial charge in [-0.05, 0) is 18.6 Å². The fourth-order valence-electron chi connectivity index (χ4n) is 1.06. The first-order valence-corrected chi connectivity index (χ1v) is 6.20. The summed E-state index contributed by atoms with van der Waals surface area (Å²) in [5.74, 6) is 3.13. The van der Waals surface area contributed by atoms with E-state index >= 15 is 0 Å². The Labute approximate surface area is 94.3 Å². The number of hydrogen-bond donors (Lipinski definition) is 1. The minimum Gasteiger partial charge on any atom is -0.338 e. The summed E-state index contributed by atoms with van der Waals surface area (Å²) in [5.41, 5.74) is 5.80. The normalized spacial score (nSPS) is 12.7. The minimum atomic E-state index is -0.222. The Morgan fingerprint density at radius 2 is 2.47 bits per heavy atom. The van der Waals surface area contributed by atoms with Gasteiger partial charge in [-0.1, -0.05) is 18.2 Å². The molecule has 0 aliphatic carbocycles. The summed E-state index contributed by atoms with van der Waals surface area (Å²) in [6.07, 6.45) is 3.56. The second-order valence-corrected chi connectivity index (χ2v) is 4.34. The van der Waals surface area contributed by atoms with Crippen LogP contribution in [0.25, 0.3) is 0 Å². The van der Waals surface area contributed by atoms with Gasteiger partial charge in [0.25, 0.3) is 0 Å². The molecular weight excluding hydrogens is 210 g/mol. The highest BCUT2D eigenvalue weighted by molar-refractivity contribution is 7.98. The number of nitrogens with two attached hydrogens (primary N) is 1. The van der Waals surface area contributed by atoms with Gasteiger partial charge in [0.15, 0.2) is 5.82 Å². The average molecular weight is 227 g/mol. The zero-order valence-corrected chi connectivity index (χ0v) is 9.80. The molecule has 15 heavy (non-hydrogen) atoms. The van der Waals surface area contributed by atoms with E-state index in [0.717, 1.165) is 23.8 Å². The summed E-state index contributed by atoms with van der Waals surface area (Å²) in [5, 5.41) is 3.87. The van der Waals surface area contributed by atoms with Crippen molar-refractivity contribution in [2.24, 2.45) is 5.73 Å². The molecule has 1 heterocycles. The smallest absolute Gasteiger partial charge is 0.243 e. The van der Waals surface area contributed by atoms with Crippen molar-refractivity contribution in [3.8, 4) is 0 Å². The molecule has 4 nitrogen and oxygen atoms in total. The van der Waals surface area contributed by atoms with Gasteiger partial charge >= 0.3 is 0 Å². The van der Waals surface area contributed by atoms with Crippen LogP contribution in [0.15, 0.2) is 17.2 Å². The molecule has 0 aromatic carbocycles. The Morgan fingerprint density at radius 3 is 3.13 bits per heavy atom. The molecule has 0 saturated carbocycles. The number of thioether (sulfide) groups is 1. The Kier molecular flexibility index (Phi) is 5.42. The van der Waals surface area contributed by atoms with Gasteiger partial charge < -0.3 is 10.3 Å². The molecule has 0 aliphatic rings. The second kappa shape index (κ2) is 6.63. The molecule has 1 rings (SSSR count). The van der Waals surface area contributed by atoms with Gasteiger partial charge in [0.1, 0.15) is 0 Å². The Balaban J connectivity index is 2.44. The van der Waals surface area contributed by atoms with E-state index in [1.165, 1.54) is 0 Å². The lowest BCUT2D eigenvalue weighted by Gasteiger charge is -2.00. The number of rotatable bonds is 7. The number of hydrogen-bond acceptors (Lipinski definition) is 5. The standard InChI is InChI=1S/C10H17N3OS/c1-3-5-8(11)10-12-9(13-14-10)7-15-6-4-2/h3,8H,1,4-7,11H2,2H3. The highest BCUT2D eigenvalue weighted by Gasteiger charge is 2.12. The van der Waals surface area contributed by atoms with Crippen LogP contribution in [0.4, 0.5) is 0 Å². The van der Waals surface area contributed by atoms with E-state index < -0.39 is 0 Å². The molecule has 0 aliphatic heterocycles. The molecule has 0 spiro atoms. The third kappa shape index (κ3) is 4.05. The molecule has 84 valence electrons. The lowest BCUT2D eigenvalue weighted by molar-refractivity contribution is 0.352. The van der Waals surface area contributed by atoms with E-state index in [2.05, 4.69) is 23.6 Å².